The molecule has 0 spiro atoms. The number of aliphatic carboxylic acids is 1. The lowest BCUT2D eigenvalue weighted by Crippen LogP contribution is -2.43. The van der Waals surface area contributed by atoms with Gasteiger partial charge in [0.2, 0.25) is 11.5 Å². The van der Waals surface area contributed by atoms with E-state index in [1.807, 2.05) is 12.1 Å². The fourth-order valence-corrected chi connectivity index (χ4v) is 5.14. The smallest absolute Gasteiger partial charge is 0.422 e. The van der Waals surface area contributed by atoms with E-state index in [0.29, 0.717) is 49.0 Å². The Bertz CT molecular complexity index is 1470. The molecule has 0 amide bonds. The average Bonchev–Trinajstić information content (AvgIpc) is 3.47. The van der Waals surface area contributed by atoms with Gasteiger partial charge >= 0.3 is 12.1 Å². The first-order valence-corrected chi connectivity index (χ1v) is 12.0. The first-order valence-electron chi connectivity index (χ1n) is 12.0. The predicted octanol–water partition coefficient (Wildman–Crippen LogP) is 5.73. The van der Waals surface area contributed by atoms with Crippen LogP contribution in [-0.2, 0) is 30.4 Å². The van der Waals surface area contributed by atoms with Gasteiger partial charge in [-0.05, 0) is 36.8 Å². The number of hydrogen-bond donors (Lipinski definition) is 2. The van der Waals surface area contributed by atoms with E-state index in [4.69, 9.17) is 14.2 Å². The molecule has 0 atom stereocenters. The predicted molar refractivity (Wildman–Crippen MR) is 126 cm³/mol. The van der Waals surface area contributed by atoms with Gasteiger partial charge in [-0.25, -0.2) is 0 Å². The van der Waals surface area contributed by atoms with E-state index in [2.05, 4.69) is 21.7 Å². The second kappa shape index (κ2) is 8.88. The highest BCUT2D eigenvalue weighted by atomic mass is 19.4. The lowest BCUT2D eigenvalue weighted by molar-refractivity contribution is -0.145. The quantitative estimate of drug-likeness (QED) is 0.342. The molecule has 6 rings (SSSR count). The molecule has 2 aliphatic rings. The molecule has 2 heterocycles. The van der Waals surface area contributed by atoms with E-state index in [1.165, 1.54) is 0 Å². The number of fused-ring (bicyclic) bond motifs is 3. The van der Waals surface area contributed by atoms with Crippen LogP contribution in [0.4, 0.5) is 13.2 Å². The van der Waals surface area contributed by atoms with Crippen molar-refractivity contribution < 1.29 is 32.1 Å². The first-order chi connectivity index (χ1) is 17.8. The SMILES string of the molecule is O=C(O)C1CC(NCc2ccc3c(c2)CCc2c-3noc2-c2onc(-c3ccccc3)c2C(F)(F)F)C1. The monoisotopic (exact) mass is 509 g/mol. The molecule has 10 heteroatoms. The van der Waals surface area contributed by atoms with Crippen molar-refractivity contribution in [1.29, 1.82) is 0 Å². The minimum absolute atomic E-state index is 0.0497. The van der Waals surface area contributed by atoms with Gasteiger partial charge in [-0.2, -0.15) is 13.2 Å². The summed E-state index contributed by atoms with van der Waals surface area (Å²) in [4.78, 5) is 11.0. The van der Waals surface area contributed by atoms with Crippen LogP contribution in [0.5, 0.6) is 0 Å². The van der Waals surface area contributed by atoms with Gasteiger partial charge in [0.25, 0.3) is 0 Å². The third-order valence-electron chi connectivity index (χ3n) is 7.17. The Balaban J connectivity index is 1.28. The van der Waals surface area contributed by atoms with Crippen LogP contribution < -0.4 is 5.32 Å². The molecule has 0 aliphatic heterocycles. The van der Waals surface area contributed by atoms with Crippen molar-refractivity contribution in [2.45, 2.75) is 44.4 Å². The van der Waals surface area contributed by atoms with Crippen molar-refractivity contribution >= 4 is 5.97 Å². The molecule has 190 valence electrons. The summed E-state index contributed by atoms with van der Waals surface area (Å²) in [5, 5.41) is 20.3. The zero-order valence-corrected chi connectivity index (χ0v) is 19.5. The normalized spacial score (nSPS) is 18.7. The number of rotatable bonds is 6. The summed E-state index contributed by atoms with van der Waals surface area (Å²) < 4.78 is 53.2. The van der Waals surface area contributed by atoms with Crippen LogP contribution in [0.3, 0.4) is 0 Å². The first kappa shape index (κ1) is 23.5. The molecule has 0 unspecified atom stereocenters. The number of carboxylic acids is 1. The number of hydrogen-bond acceptors (Lipinski definition) is 6. The van der Waals surface area contributed by atoms with E-state index in [1.54, 1.807) is 30.3 Å². The lowest BCUT2D eigenvalue weighted by atomic mass is 9.80. The summed E-state index contributed by atoms with van der Waals surface area (Å²) >= 11 is 0. The number of alkyl halides is 3. The molecule has 2 aliphatic carbocycles. The Morgan fingerprint density at radius 2 is 1.73 bits per heavy atom. The minimum Gasteiger partial charge on any atom is -0.481 e. The molecule has 1 saturated carbocycles. The Morgan fingerprint density at radius 3 is 2.46 bits per heavy atom. The molecular formula is C27H22F3N3O4. The summed E-state index contributed by atoms with van der Waals surface area (Å²) in [5.41, 5.74) is 2.98. The number of aryl methyl sites for hydroxylation is 1. The van der Waals surface area contributed by atoms with Gasteiger partial charge in [0.15, 0.2) is 0 Å². The van der Waals surface area contributed by atoms with E-state index >= 15 is 0 Å². The lowest BCUT2D eigenvalue weighted by Gasteiger charge is -2.33. The Morgan fingerprint density at radius 1 is 1.00 bits per heavy atom. The van der Waals surface area contributed by atoms with Crippen LogP contribution in [-0.4, -0.2) is 27.4 Å². The largest absolute Gasteiger partial charge is 0.481 e. The van der Waals surface area contributed by atoms with Crippen LogP contribution in [0.25, 0.3) is 34.0 Å². The summed E-state index contributed by atoms with van der Waals surface area (Å²) in [7, 11) is 0. The maximum Gasteiger partial charge on any atom is 0.422 e. The number of halogens is 3. The van der Waals surface area contributed by atoms with Crippen LogP contribution in [0.1, 0.15) is 35.1 Å². The summed E-state index contributed by atoms with van der Waals surface area (Å²) in [5.74, 6) is -1.54. The van der Waals surface area contributed by atoms with Crippen LogP contribution in [0.15, 0.2) is 57.6 Å². The number of carbonyl (C=O) groups is 1. The minimum atomic E-state index is -4.71. The average molecular weight is 509 g/mol. The summed E-state index contributed by atoms with van der Waals surface area (Å²) in [6.07, 6.45) is -2.41. The Kier molecular flexibility index (Phi) is 5.63. The second-order valence-electron chi connectivity index (χ2n) is 9.51. The number of nitrogens with zero attached hydrogens (tertiary/aromatic N) is 2. The molecule has 37 heavy (non-hydrogen) atoms. The third-order valence-corrected chi connectivity index (χ3v) is 7.17. The molecule has 2 aromatic heterocycles. The zero-order chi connectivity index (χ0) is 25.7. The van der Waals surface area contributed by atoms with Gasteiger partial charge in [-0.15, -0.1) is 0 Å². The molecule has 2 N–H and O–H groups in total. The maximum atomic E-state index is 14.2. The van der Waals surface area contributed by atoms with Crippen LogP contribution in [0.2, 0.25) is 0 Å². The standard InChI is InChI=1S/C27H22F3N3O4/c28-27(29,30)21-22(15-4-2-1-3-5-15)32-37-25(21)24-20-9-7-16-10-14(6-8-19(16)23(20)33-36-24)13-31-18-11-17(12-18)26(34)35/h1-6,8,10,17-18,31H,7,9,11-13H2,(H,34,35). The van der Waals surface area contributed by atoms with Gasteiger partial charge < -0.3 is 19.5 Å². The Hall–Kier alpha value is -3.92. The summed E-state index contributed by atoms with van der Waals surface area (Å²) in [6, 6.07) is 14.2. The molecule has 0 radical (unpaired) electrons. The number of nitrogens with one attached hydrogen (secondary N) is 1. The molecular weight excluding hydrogens is 487 g/mol. The van der Waals surface area contributed by atoms with Gasteiger partial charge in [-0.1, -0.05) is 58.8 Å². The number of benzene rings is 2. The van der Waals surface area contributed by atoms with Crippen LogP contribution in [0, 0.1) is 5.92 Å². The third kappa shape index (κ3) is 4.21. The van der Waals surface area contributed by atoms with Crippen LogP contribution >= 0.6 is 0 Å². The van der Waals surface area contributed by atoms with E-state index in [-0.39, 0.29) is 23.4 Å². The molecule has 0 saturated heterocycles. The highest BCUT2D eigenvalue weighted by molar-refractivity contribution is 5.79. The van der Waals surface area contributed by atoms with Crippen molar-refractivity contribution in [3.8, 4) is 34.0 Å². The zero-order valence-electron chi connectivity index (χ0n) is 19.5. The van der Waals surface area contributed by atoms with Gasteiger partial charge in [0.05, 0.1) is 5.92 Å². The fraction of sp³-hybridized carbons (Fsp3) is 0.296. The van der Waals surface area contributed by atoms with Gasteiger partial charge in [0.1, 0.15) is 17.0 Å². The van der Waals surface area contributed by atoms with Gasteiger partial charge in [0, 0.05) is 29.3 Å². The van der Waals surface area contributed by atoms with Crippen molar-refractivity contribution in [1.82, 2.24) is 15.6 Å². The van der Waals surface area contributed by atoms with E-state index in [9.17, 15) is 18.0 Å². The number of aromatic nitrogens is 2. The fourth-order valence-electron chi connectivity index (χ4n) is 5.14. The molecule has 7 nitrogen and oxygen atoms in total. The highest BCUT2D eigenvalue weighted by Gasteiger charge is 2.43. The Labute approximate surface area is 209 Å². The highest BCUT2D eigenvalue weighted by Crippen LogP contribution is 2.46. The van der Waals surface area contributed by atoms with Crippen molar-refractivity contribution in [2.75, 3.05) is 0 Å². The van der Waals surface area contributed by atoms with Crippen molar-refractivity contribution in [2.24, 2.45) is 5.92 Å². The molecule has 2 aromatic carbocycles. The second-order valence-corrected chi connectivity index (χ2v) is 9.51. The van der Waals surface area contributed by atoms with Crippen molar-refractivity contribution in [3.05, 3.63) is 70.8 Å². The van der Waals surface area contributed by atoms with Crippen molar-refractivity contribution in [3.63, 3.8) is 0 Å². The molecule has 1 fully saturated rings. The van der Waals surface area contributed by atoms with E-state index < -0.39 is 23.5 Å². The molecule has 4 aromatic rings. The topological polar surface area (TPSA) is 101 Å². The molecule has 0 bridgehead atoms. The van der Waals surface area contributed by atoms with E-state index in [0.717, 1.165) is 16.7 Å². The van der Waals surface area contributed by atoms with Gasteiger partial charge in [-0.3, -0.25) is 4.79 Å². The maximum absolute atomic E-state index is 14.2. The summed E-state index contributed by atoms with van der Waals surface area (Å²) in [6.45, 7) is 0.608. The number of carboxylic acid groups (broad SMARTS) is 1.